The van der Waals surface area contributed by atoms with E-state index in [4.69, 9.17) is 4.74 Å². The highest BCUT2D eigenvalue weighted by Crippen LogP contribution is 2.18. The smallest absolute Gasteiger partial charge is 0.260 e. The summed E-state index contributed by atoms with van der Waals surface area (Å²) in [6.07, 6.45) is 2.15. The Hall–Kier alpha value is -0.780. The first-order valence-electron chi connectivity index (χ1n) is 7.00. The van der Waals surface area contributed by atoms with E-state index >= 15 is 0 Å². The molecule has 6 heteroatoms. The van der Waals surface area contributed by atoms with Crippen LogP contribution in [0.5, 0.6) is 5.75 Å². The van der Waals surface area contributed by atoms with Crippen molar-refractivity contribution in [3.05, 3.63) is 28.7 Å². The third-order valence-corrected chi connectivity index (χ3v) is 4.16. The van der Waals surface area contributed by atoms with Gasteiger partial charge in [-0.2, -0.15) is 0 Å². The number of carbonyl (C=O) groups is 1. The molecule has 1 N–H and O–H groups in total. The highest BCUT2D eigenvalue weighted by Gasteiger charge is 2.22. The summed E-state index contributed by atoms with van der Waals surface area (Å²) in [7, 11) is 1.98. The number of benzene rings is 1. The van der Waals surface area contributed by atoms with Crippen LogP contribution in [0.4, 0.5) is 0 Å². The minimum absolute atomic E-state index is 0. The van der Waals surface area contributed by atoms with E-state index in [0.29, 0.717) is 5.92 Å². The van der Waals surface area contributed by atoms with E-state index in [1.54, 1.807) is 0 Å². The van der Waals surface area contributed by atoms with Crippen LogP contribution >= 0.6 is 28.3 Å². The lowest BCUT2D eigenvalue weighted by Gasteiger charge is -2.31. The van der Waals surface area contributed by atoms with Crippen LogP contribution in [0.2, 0.25) is 0 Å². The number of carbonyl (C=O) groups excluding carboxylic acids is 1. The summed E-state index contributed by atoms with van der Waals surface area (Å²) >= 11 is 3.37. The minimum Gasteiger partial charge on any atom is -0.484 e. The van der Waals surface area contributed by atoms with Gasteiger partial charge in [0.05, 0.1) is 0 Å². The highest BCUT2D eigenvalue weighted by atomic mass is 79.9. The Bertz CT molecular complexity index is 434. The Morgan fingerprint density at radius 3 is 2.52 bits per heavy atom. The summed E-state index contributed by atoms with van der Waals surface area (Å²) in [6.45, 7) is 2.85. The number of ether oxygens (including phenoxy) is 1. The van der Waals surface area contributed by atoms with E-state index in [2.05, 4.69) is 21.2 Å². The molecule has 0 aromatic heterocycles. The zero-order valence-electron chi connectivity index (χ0n) is 12.2. The molecule has 4 nitrogen and oxygen atoms in total. The first-order chi connectivity index (χ1) is 9.69. The van der Waals surface area contributed by atoms with E-state index in [1.807, 2.05) is 36.2 Å². The van der Waals surface area contributed by atoms with Crippen LogP contribution in [0.3, 0.4) is 0 Å². The second kappa shape index (κ2) is 9.28. The number of amides is 1. The summed E-state index contributed by atoms with van der Waals surface area (Å²) < 4.78 is 6.53. The SMILES string of the molecule is CNCC1CCN(C(=O)COc2ccc(Br)cc2)CC1.Cl. The first-order valence-corrected chi connectivity index (χ1v) is 7.79. The van der Waals surface area contributed by atoms with Crippen molar-refractivity contribution in [2.45, 2.75) is 12.8 Å². The molecule has 0 saturated carbocycles. The monoisotopic (exact) mass is 376 g/mol. The van der Waals surface area contributed by atoms with E-state index in [1.165, 1.54) is 0 Å². The van der Waals surface area contributed by atoms with Crippen LogP contribution in [0.15, 0.2) is 28.7 Å². The second-order valence-electron chi connectivity index (χ2n) is 5.12. The largest absolute Gasteiger partial charge is 0.484 e. The maximum Gasteiger partial charge on any atom is 0.260 e. The number of likely N-dealkylation sites (tertiary alicyclic amines) is 1. The average molecular weight is 378 g/mol. The number of nitrogens with one attached hydrogen (secondary N) is 1. The normalized spacial score (nSPS) is 15.4. The van der Waals surface area contributed by atoms with Gasteiger partial charge >= 0.3 is 0 Å². The van der Waals surface area contributed by atoms with Gasteiger partial charge in [-0.3, -0.25) is 4.79 Å². The molecular weight excluding hydrogens is 356 g/mol. The van der Waals surface area contributed by atoms with Crippen LogP contribution in [0.1, 0.15) is 12.8 Å². The Labute approximate surface area is 140 Å². The minimum atomic E-state index is 0. The van der Waals surface area contributed by atoms with Crippen molar-refractivity contribution in [2.75, 3.05) is 33.3 Å². The van der Waals surface area contributed by atoms with Gasteiger partial charge in [0, 0.05) is 17.6 Å². The van der Waals surface area contributed by atoms with Gasteiger partial charge in [0.15, 0.2) is 6.61 Å². The van der Waals surface area contributed by atoms with Gasteiger partial charge in [-0.1, -0.05) is 15.9 Å². The van der Waals surface area contributed by atoms with Crippen molar-refractivity contribution in [1.82, 2.24) is 10.2 Å². The molecule has 118 valence electrons. The summed E-state index contributed by atoms with van der Waals surface area (Å²) in [6, 6.07) is 7.53. The Balaban J connectivity index is 0.00000220. The molecule has 0 atom stereocenters. The number of piperidine rings is 1. The lowest BCUT2D eigenvalue weighted by Crippen LogP contribution is -2.42. The van der Waals surface area contributed by atoms with Crippen LogP contribution in [0.25, 0.3) is 0 Å². The van der Waals surface area contributed by atoms with E-state index in [0.717, 1.165) is 42.7 Å². The molecular formula is C15H22BrClN2O2. The van der Waals surface area contributed by atoms with Crippen molar-refractivity contribution in [3.63, 3.8) is 0 Å². The van der Waals surface area contributed by atoms with Gasteiger partial charge < -0.3 is 15.0 Å². The molecule has 1 saturated heterocycles. The van der Waals surface area contributed by atoms with Crippen LogP contribution in [0, 0.1) is 5.92 Å². The maximum atomic E-state index is 12.1. The fraction of sp³-hybridized carbons (Fsp3) is 0.533. The van der Waals surface area contributed by atoms with Gasteiger partial charge in [-0.25, -0.2) is 0 Å². The van der Waals surface area contributed by atoms with Gasteiger partial charge in [0.1, 0.15) is 5.75 Å². The summed E-state index contributed by atoms with van der Waals surface area (Å²) in [5.41, 5.74) is 0. The van der Waals surface area contributed by atoms with Gasteiger partial charge in [0.25, 0.3) is 5.91 Å². The van der Waals surface area contributed by atoms with E-state index in [-0.39, 0.29) is 24.9 Å². The van der Waals surface area contributed by atoms with Crippen molar-refractivity contribution < 1.29 is 9.53 Å². The first kappa shape index (κ1) is 18.3. The van der Waals surface area contributed by atoms with E-state index < -0.39 is 0 Å². The molecule has 0 bridgehead atoms. The number of halogens is 2. The molecule has 0 unspecified atom stereocenters. The van der Waals surface area contributed by atoms with Crippen molar-refractivity contribution >= 4 is 34.2 Å². The second-order valence-corrected chi connectivity index (χ2v) is 6.04. The highest BCUT2D eigenvalue weighted by molar-refractivity contribution is 9.10. The number of nitrogens with zero attached hydrogens (tertiary/aromatic N) is 1. The molecule has 0 aliphatic carbocycles. The summed E-state index contributed by atoms with van der Waals surface area (Å²) in [4.78, 5) is 14.0. The molecule has 1 aromatic carbocycles. The Morgan fingerprint density at radius 2 is 1.95 bits per heavy atom. The van der Waals surface area contributed by atoms with Gasteiger partial charge in [0.2, 0.25) is 0 Å². The summed E-state index contributed by atoms with van der Waals surface area (Å²) in [5, 5.41) is 3.20. The topological polar surface area (TPSA) is 41.6 Å². The lowest BCUT2D eigenvalue weighted by molar-refractivity contribution is -0.134. The number of rotatable bonds is 5. The zero-order valence-corrected chi connectivity index (χ0v) is 14.6. The molecule has 21 heavy (non-hydrogen) atoms. The molecule has 1 aliphatic heterocycles. The standard InChI is InChI=1S/C15H21BrN2O2.ClH/c1-17-10-12-6-8-18(9-7-12)15(19)11-20-14-4-2-13(16)3-5-14;/h2-5,12,17H,6-11H2,1H3;1H. The third-order valence-electron chi connectivity index (χ3n) is 3.64. The Morgan fingerprint density at radius 1 is 1.33 bits per heavy atom. The fourth-order valence-corrected chi connectivity index (χ4v) is 2.71. The van der Waals surface area contributed by atoms with Crippen molar-refractivity contribution in [2.24, 2.45) is 5.92 Å². The predicted molar refractivity (Wildman–Crippen MR) is 90.1 cm³/mol. The third kappa shape index (κ3) is 5.85. The predicted octanol–water partition coefficient (Wildman–Crippen LogP) is 2.71. The van der Waals surface area contributed by atoms with E-state index in [9.17, 15) is 4.79 Å². The summed E-state index contributed by atoms with van der Waals surface area (Å²) in [5.74, 6) is 1.50. The van der Waals surface area contributed by atoms with Crippen molar-refractivity contribution in [3.8, 4) is 5.75 Å². The van der Waals surface area contributed by atoms with Crippen molar-refractivity contribution in [1.29, 1.82) is 0 Å². The van der Waals surface area contributed by atoms with Crippen LogP contribution in [-0.2, 0) is 4.79 Å². The zero-order chi connectivity index (χ0) is 14.4. The molecule has 1 fully saturated rings. The van der Waals surface area contributed by atoms with Crippen LogP contribution < -0.4 is 10.1 Å². The molecule has 2 rings (SSSR count). The fourth-order valence-electron chi connectivity index (χ4n) is 2.44. The number of hydrogen-bond acceptors (Lipinski definition) is 3. The maximum absolute atomic E-state index is 12.1. The number of hydrogen-bond donors (Lipinski definition) is 1. The molecule has 1 aromatic rings. The average Bonchev–Trinajstić information content (AvgIpc) is 2.47. The molecule has 1 aliphatic rings. The van der Waals surface area contributed by atoms with Gasteiger partial charge in [-0.05, 0) is 56.6 Å². The Kier molecular flexibility index (Phi) is 8.07. The molecule has 0 spiro atoms. The molecule has 1 heterocycles. The van der Waals surface area contributed by atoms with Crippen LogP contribution in [-0.4, -0.2) is 44.1 Å². The quantitative estimate of drug-likeness (QED) is 0.858. The van der Waals surface area contributed by atoms with Gasteiger partial charge in [-0.15, -0.1) is 12.4 Å². The lowest BCUT2D eigenvalue weighted by atomic mass is 9.97. The molecule has 0 radical (unpaired) electrons. The molecule has 1 amide bonds.